The van der Waals surface area contributed by atoms with Gasteiger partial charge in [0.05, 0.1) is 6.10 Å². The Balaban J connectivity index is 2.01. The molecule has 0 amide bonds. The minimum absolute atomic E-state index is 0.260. The number of aliphatic hydroxyl groups excluding tert-OH is 1. The van der Waals surface area contributed by atoms with Crippen LogP contribution in [0.15, 0.2) is 53.4 Å². The highest BCUT2D eigenvalue weighted by Gasteiger charge is 2.11. The number of hydrogen-bond donors (Lipinski definition) is 1. The van der Waals surface area contributed by atoms with E-state index in [1.807, 2.05) is 30.3 Å². The maximum atomic E-state index is 13.0. The summed E-state index contributed by atoms with van der Waals surface area (Å²) in [6.45, 7) is 0. The molecular formula is C14H12F2OS. The van der Waals surface area contributed by atoms with Crippen LogP contribution in [-0.2, 0) is 0 Å². The Morgan fingerprint density at radius 2 is 1.61 bits per heavy atom. The predicted octanol–water partition coefficient (Wildman–Crippen LogP) is 3.79. The second-order valence-electron chi connectivity index (χ2n) is 3.84. The Morgan fingerprint density at radius 1 is 1.00 bits per heavy atom. The minimum atomic E-state index is -0.889. The molecule has 2 rings (SSSR count). The molecule has 0 saturated carbocycles. The second kappa shape index (κ2) is 5.98. The summed E-state index contributed by atoms with van der Waals surface area (Å²) >= 11 is 1.44. The smallest absolute Gasteiger partial charge is 0.126 e. The van der Waals surface area contributed by atoms with Crippen LogP contribution in [0.2, 0.25) is 0 Å². The summed E-state index contributed by atoms with van der Waals surface area (Å²) in [5.74, 6) is -0.991. The highest BCUT2D eigenvalue weighted by atomic mass is 32.2. The summed E-state index contributed by atoms with van der Waals surface area (Å²) < 4.78 is 26.0. The Kier molecular flexibility index (Phi) is 4.33. The van der Waals surface area contributed by atoms with Crippen LogP contribution in [0, 0.1) is 11.6 Å². The number of hydrogen-bond acceptors (Lipinski definition) is 2. The molecule has 94 valence electrons. The van der Waals surface area contributed by atoms with E-state index in [1.165, 1.54) is 11.8 Å². The molecule has 0 heterocycles. The van der Waals surface area contributed by atoms with Crippen molar-refractivity contribution in [3.05, 3.63) is 65.7 Å². The summed E-state index contributed by atoms with van der Waals surface area (Å²) in [6.07, 6.45) is -0.889. The van der Waals surface area contributed by atoms with Gasteiger partial charge in [-0.1, -0.05) is 18.2 Å². The van der Waals surface area contributed by atoms with Crippen molar-refractivity contribution in [2.45, 2.75) is 11.0 Å². The molecule has 2 aromatic carbocycles. The van der Waals surface area contributed by atoms with Gasteiger partial charge in [0, 0.05) is 16.7 Å². The van der Waals surface area contributed by atoms with Crippen molar-refractivity contribution in [3.63, 3.8) is 0 Å². The number of aliphatic hydroxyl groups is 1. The van der Waals surface area contributed by atoms with Crippen LogP contribution in [-0.4, -0.2) is 10.9 Å². The molecule has 1 nitrogen and oxygen atoms in total. The third-order valence-electron chi connectivity index (χ3n) is 2.42. The molecule has 0 spiro atoms. The van der Waals surface area contributed by atoms with Crippen LogP contribution in [0.3, 0.4) is 0 Å². The van der Waals surface area contributed by atoms with E-state index in [4.69, 9.17) is 0 Å². The van der Waals surface area contributed by atoms with Crippen molar-refractivity contribution in [3.8, 4) is 0 Å². The zero-order valence-corrected chi connectivity index (χ0v) is 10.3. The molecule has 2 aromatic rings. The fraction of sp³-hybridized carbons (Fsp3) is 0.143. The van der Waals surface area contributed by atoms with Crippen molar-refractivity contribution in [1.82, 2.24) is 0 Å². The van der Waals surface area contributed by atoms with Crippen LogP contribution in [0.5, 0.6) is 0 Å². The summed E-state index contributed by atoms with van der Waals surface area (Å²) in [4.78, 5) is 1.01. The van der Waals surface area contributed by atoms with Gasteiger partial charge in [-0.25, -0.2) is 8.78 Å². The fourth-order valence-corrected chi connectivity index (χ4v) is 2.45. The molecular weight excluding hydrogens is 254 g/mol. The van der Waals surface area contributed by atoms with Gasteiger partial charge in [0.25, 0.3) is 0 Å². The van der Waals surface area contributed by atoms with E-state index < -0.39 is 17.7 Å². The van der Waals surface area contributed by atoms with E-state index in [2.05, 4.69) is 0 Å². The lowest BCUT2D eigenvalue weighted by Crippen LogP contribution is -2.02. The van der Waals surface area contributed by atoms with Crippen molar-refractivity contribution in [2.24, 2.45) is 0 Å². The maximum Gasteiger partial charge on any atom is 0.126 e. The molecule has 0 radical (unpaired) electrons. The predicted molar refractivity (Wildman–Crippen MR) is 68.5 cm³/mol. The lowest BCUT2D eigenvalue weighted by Gasteiger charge is -2.11. The molecule has 1 N–H and O–H groups in total. The molecule has 0 aromatic heterocycles. The number of rotatable bonds is 4. The third-order valence-corrected chi connectivity index (χ3v) is 3.51. The normalized spacial score (nSPS) is 12.4. The first kappa shape index (κ1) is 13.1. The van der Waals surface area contributed by atoms with Crippen molar-refractivity contribution >= 4 is 11.8 Å². The second-order valence-corrected chi connectivity index (χ2v) is 4.94. The van der Waals surface area contributed by atoms with Crippen LogP contribution < -0.4 is 0 Å². The Hall–Kier alpha value is -1.39. The van der Waals surface area contributed by atoms with Gasteiger partial charge < -0.3 is 5.11 Å². The topological polar surface area (TPSA) is 20.2 Å². The van der Waals surface area contributed by atoms with Crippen LogP contribution >= 0.6 is 11.8 Å². The minimum Gasteiger partial charge on any atom is -0.388 e. The first-order valence-electron chi connectivity index (χ1n) is 5.47. The highest BCUT2D eigenvalue weighted by molar-refractivity contribution is 7.99. The quantitative estimate of drug-likeness (QED) is 0.850. The average Bonchev–Trinajstić information content (AvgIpc) is 2.36. The molecule has 0 fully saturated rings. The van der Waals surface area contributed by atoms with E-state index in [-0.39, 0.29) is 5.56 Å². The molecule has 0 aliphatic heterocycles. The van der Waals surface area contributed by atoms with Gasteiger partial charge in [-0.3, -0.25) is 0 Å². The molecule has 18 heavy (non-hydrogen) atoms. The van der Waals surface area contributed by atoms with E-state index in [0.29, 0.717) is 5.75 Å². The Morgan fingerprint density at radius 3 is 2.22 bits per heavy atom. The summed E-state index contributed by atoms with van der Waals surface area (Å²) in [5.41, 5.74) is 0.260. The monoisotopic (exact) mass is 266 g/mol. The molecule has 4 heteroatoms. The summed E-state index contributed by atoms with van der Waals surface area (Å²) in [7, 11) is 0. The largest absolute Gasteiger partial charge is 0.388 e. The first-order chi connectivity index (χ1) is 8.65. The SMILES string of the molecule is OC(CSc1ccccc1)c1cc(F)cc(F)c1. The first-order valence-corrected chi connectivity index (χ1v) is 6.45. The molecule has 0 bridgehead atoms. The summed E-state index contributed by atoms with van der Waals surface area (Å²) in [6, 6.07) is 12.6. The lowest BCUT2D eigenvalue weighted by molar-refractivity contribution is 0.203. The molecule has 0 saturated heterocycles. The molecule has 0 aliphatic carbocycles. The molecule has 0 aliphatic rings. The van der Waals surface area contributed by atoms with Gasteiger partial charge in [-0.05, 0) is 29.8 Å². The number of halogens is 2. The van der Waals surface area contributed by atoms with Crippen LogP contribution in [0.25, 0.3) is 0 Å². The average molecular weight is 266 g/mol. The van der Waals surface area contributed by atoms with Crippen molar-refractivity contribution in [1.29, 1.82) is 0 Å². The van der Waals surface area contributed by atoms with Gasteiger partial charge in [0.2, 0.25) is 0 Å². The van der Waals surface area contributed by atoms with Crippen LogP contribution in [0.4, 0.5) is 8.78 Å². The number of benzene rings is 2. The Labute approximate surface area is 108 Å². The summed E-state index contributed by atoms with van der Waals surface area (Å²) in [5, 5.41) is 9.88. The Bertz CT molecular complexity index is 496. The highest BCUT2D eigenvalue weighted by Crippen LogP contribution is 2.25. The van der Waals surface area contributed by atoms with Gasteiger partial charge in [0.15, 0.2) is 0 Å². The van der Waals surface area contributed by atoms with Gasteiger partial charge >= 0.3 is 0 Å². The molecule has 1 unspecified atom stereocenters. The van der Waals surface area contributed by atoms with E-state index in [9.17, 15) is 13.9 Å². The third kappa shape index (κ3) is 3.55. The van der Waals surface area contributed by atoms with Gasteiger partial charge in [-0.15, -0.1) is 11.8 Å². The van der Waals surface area contributed by atoms with Crippen LogP contribution in [0.1, 0.15) is 11.7 Å². The lowest BCUT2D eigenvalue weighted by atomic mass is 10.1. The number of thioether (sulfide) groups is 1. The van der Waals surface area contributed by atoms with Crippen molar-refractivity contribution < 1.29 is 13.9 Å². The molecule has 1 atom stereocenters. The zero-order chi connectivity index (χ0) is 13.0. The van der Waals surface area contributed by atoms with Crippen molar-refractivity contribution in [2.75, 3.05) is 5.75 Å². The maximum absolute atomic E-state index is 13.0. The van der Waals surface area contributed by atoms with E-state index in [0.717, 1.165) is 23.1 Å². The van der Waals surface area contributed by atoms with Gasteiger partial charge in [-0.2, -0.15) is 0 Å². The van der Waals surface area contributed by atoms with E-state index >= 15 is 0 Å². The van der Waals surface area contributed by atoms with E-state index in [1.54, 1.807) is 0 Å². The zero-order valence-electron chi connectivity index (χ0n) is 9.51. The fourth-order valence-electron chi connectivity index (χ4n) is 1.56. The standard InChI is InChI=1S/C14H12F2OS/c15-11-6-10(7-12(16)8-11)14(17)9-18-13-4-2-1-3-5-13/h1-8,14,17H,9H2. The van der Waals surface area contributed by atoms with Gasteiger partial charge in [0.1, 0.15) is 11.6 Å².